The van der Waals surface area contributed by atoms with Crippen LogP contribution >= 0.6 is 27.9 Å². The van der Waals surface area contributed by atoms with Gasteiger partial charge in [-0.3, -0.25) is 14.5 Å². The highest BCUT2D eigenvalue weighted by Gasteiger charge is 2.11. The van der Waals surface area contributed by atoms with E-state index in [1.807, 2.05) is 29.7 Å². The Morgan fingerprint density at radius 3 is 2.96 bits per heavy atom. The number of rotatable bonds is 5. The number of nitro benzene ring substituents is 1. The molecule has 0 spiro atoms. The van der Waals surface area contributed by atoms with Crippen LogP contribution in [0.1, 0.15) is 11.3 Å². The summed E-state index contributed by atoms with van der Waals surface area (Å²) in [6.45, 7) is 1.91. The number of nitro groups is 1. The molecule has 0 N–H and O–H groups in total. The molecule has 3 rings (SSSR count). The van der Waals surface area contributed by atoms with Crippen molar-refractivity contribution in [2.24, 2.45) is 5.10 Å². The fourth-order valence-corrected chi connectivity index (χ4v) is 3.28. The van der Waals surface area contributed by atoms with Crippen LogP contribution in [0.25, 0.3) is 5.65 Å². The second kappa shape index (κ2) is 7.24. The maximum Gasteiger partial charge on any atom is 0.270 e. The minimum atomic E-state index is -0.400. The number of hydrogen-bond acceptors (Lipinski definition) is 6. The van der Waals surface area contributed by atoms with Crippen molar-refractivity contribution in [1.29, 1.82) is 0 Å². The largest absolute Gasteiger partial charge is 0.298 e. The number of aryl methyl sites for hydroxylation is 1. The molecule has 3 aromatic rings. The predicted octanol–water partition coefficient (Wildman–Crippen LogP) is 4.29. The standard InChI is InChI=1S/C16H14BrN5O2S/c1-11-3-5-13(22(23)24)7-15(11)25-20(2)19-9-14-8-18-16-6-4-12(17)10-21(14)16/h3-10H,1-2H3/b19-9+. The summed E-state index contributed by atoms with van der Waals surface area (Å²) in [5.41, 5.74) is 2.68. The Bertz CT molecular complexity index is 972. The fourth-order valence-electron chi connectivity index (χ4n) is 2.18. The predicted molar refractivity (Wildman–Crippen MR) is 102 cm³/mol. The van der Waals surface area contributed by atoms with Gasteiger partial charge in [0.1, 0.15) is 5.65 Å². The normalized spacial score (nSPS) is 11.3. The molecular formula is C16H14BrN5O2S. The third-order valence-corrected chi connectivity index (χ3v) is 4.93. The van der Waals surface area contributed by atoms with Gasteiger partial charge in [-0.2, -0.15) is 5.10 Å². The molecule has 1 aromatic carbocycles. The van der Waals surface area contributed by atoms with E-state index in [4.69, 9.17) is 0 Å². The summed E-state index contributed by atoms with van der Waals surface area (Å²) in [4.78, 5) is 15.6. The number of aromatic nitrogens is 2. The van der Waals surface area contributed by atoms with Crippen molar-refractivity contribution in [3.63, 3.8) is 0 Å². The lowest BCUT2D eigenvalue weighted by atomic mass is 10.2. The zero-order chi connectivity index (χ0) is 18.0. The van der Waals surface area contributed by atoms with Crippen LogP contribution in [0.2, 0.25) is 0 Å². The number of imidazole rings is 1. The molecule has 2 heterocycles. The van der Waals surface area contributed by atoms with Gasteiger partial charge in [0, 0.05) is 46.7 Å². The van der Waals surface area contributed by atoms with Crippen molar-refractivity contribution < 1.29 is 4.92 Å². The van der Waals surface area contributed by atoms with Gasteiger partial charge < -0.3 is 0 Å². The molecule has 7 nitrogen and oxygen atoms in total. The Kier molecular flexibility index (Phi) is 5.05. The molecule has 128 valence electrons. The summed E-state index contributed by atoms with van der Waals surface area (Å²) in [6, 6.07) is 8.62. The average molecular weight is 420 g/mol. The molecule has 0 saturated heterocycles. The van der Waals surface area contributed by atoms with Crippen molar-refractivity contribution in [2.45, 2.75) is 11.8 Å². The van der Waals surface area contributed by atoms with Gasteiger partial charge in [-0.05, 0) is 40.5 Å². The quantitative estimate of drug-likeness (QED) is 0.267. The third-order valence-electron chi connectivity index (χ3n) is 3.46. The minimum Gasteiger partial charge on any atom is -0.298 e. The molecular weight excluding hydrogens is 406 g/mol. The topological polar surface area (TPSA) is 76.0 Å². The van der Waals surface area contributed by atoms with Crippen molar-refractivity contribution in [2.75, 3.05) is 7.05 Å². The molecule has 0 amide bonds. The zero-order valence-corrected chi connectivity index (χ0v) is 15.9. The molecule has 0 aliphatic heterocycles. The first-order valence-corrected chi connectivity index (χ1v) is 8.84. The van der Waals surface area contributed by atoms with Crippen LogP contribution in [-0.2, 0) is 0 Å². The molecule has 0 saturated carbocycles. The molecule has 0 fully saturated rings. The van der Waals surface area contributed by atoms with Crippen LogP contribution in [0.4, 0.5) is 5.69 Å². The SMILES string of the molecule is Cc1ccc([N+](=O)[O-])cc1SN(C)/N=C/c1cnc2ccc(Br)cn12. The van der Waals surface area contributed by atoms with Gasteiger partial charge in [0.25, 0.3) is 5.69 Å². The number of benzene rings is 1. The van der Waals surface area contributed by atoms with Gasteiger partial charge in [0.05, 0.1) is 23.0 Å². The second-order valence-electron chi connectivity index (χ2n) is 5.27. The molecule has 0 radical (unpaired) electrons. The summed E-state index contributed by atoms with van der Waals surface area (Å²) in [5, 5.41) is 15.3. The summed E-state index contributed by atoms with van der Waals surface area (Å²) in [7, 11) is 1.79. The highest BCUT2D eigenvalue weighted by atomic mass is 79.9. The van der Waals surface area contributed by atoms with E-state index in [9.17, 15) is 10.1 Å². The summed E-state index contributed by atoms with van der Waals surface area (Å²) in [5.74, 6) is 0. The third kappa shape index (κ3) is 3.99. The summed E-state index contributed by atoms with van der Waals surface area (Å²) >= 11 is 4.76. The highest BCUT2D eigenvalue weighted by Crippen LogP contribution is 2.28. The highest BCUT2D eigenvalue weighted by molar-refractivity contribution is 9.10. The molecule has 9 heteroatoms. The Hall–Kier alpha value is -2.39. The Labute approximate surface area is 156 Å². The van der Waals surface area contributed by atoms with Gasteiger partial charge in [-0.25, -0.2) is 9.40 Å². The molecule has 0 bridgehead atoms. The Morgan fingerprint density at radius 2 is 2.20 bits per heavy atom. The lowest BCUT2D eigenvalue weighted by molar-refractivity contribution is -0.385. The first-order valence-electron chi connectivity index (χ1n) is 7.27. The number of pyridine rings is 1. The van der Waals surface area contributed by atoms with Crippen molar-refractivity contribution in [1.82, 2.24) is 13.8 Å². The van der Waals surface area contributed by atoms with Gasteiger partial charge in [-0.15, -0.1) is 0 Å². The second-order valence-corrected chi connectivity index (χ2v) is 7.33. The van der Waals surface area contributed by atoms with Crippen molar-refractivity contribution in [3.05, 3.63) is 68.6 Å². The Morgan fingerprint density at radius 1 is 1.40 bits per heavy atom. The number of halogens is 1. The summed E-state index contributed by atoms with van der Waals surface area (Å²) < 4.78 is 4.52. The Balaban J connectivity index is 1.79. The summed E-state index contributed by atoms with van der Waals surface area (Å²) in [6.07, 6.45) is 5.36. The van der Waals surface area contributed by atoms with E-state index in [0.29, 0.717) is 0 Å². The van der Waals surface area contributed by atoms with Crippen LogP contribution in [0.15, 0.2) is 57.2 Å². The minimum absolute atomic E-state index is 0.0668. The average Bonchev–Trinajstić information content (AvgIpc) is 2.97. The number of nitrogens with zero attached hydrogens (tertiary/aromatic N) is 5. The number of fused-ring (bicyclic) bond motifs is 1. The van der Waals surface area contributed by atoms with E-state index in [-0.39, 0.29) is 5.69 Å². The first-order chi connectivity index (χ1) is 11.9. The van der Waals surface area contributed by atoms with Gasteiger partial charge in [0.15, 0.2) is 0 Å². The lowest BCUT2D eigenvalue weighted by Crippen LogP contribution is -2.02. The zero-order valence-electron chi connectivity index (χ0n) is 13.5. The van der Waals surface area contributed by atoms with Gasteiger partial charge in [0.2, 0.25) is 0 Å². The van der Waals surface area contributed by atoms with Crippen molar-refractivity contribution >= 4 is 45.4 Å². The van der Waals surface area contributed by atoms with E-state index in [1.54, 1.807) is 36.0 Å². The van der Waals surface area contributed by atoms with E-state index in [1.165, 1.54) is 18.0 Å². The fraction of sp³-hybridized carbons (Fsp3) is 0.125. The number of non-ortho nitro benzene ring substituents is 1. The molecule has 0 aliphatic carbocycles. The van der Waals surface area contributed by atoms with E-state index < -0.39 is 4.92 Å². The smallest absolute Gasteiger partial charge is 0.270 e. The van der Waals surface area contributed by atoms with Crippen LogP contribution in [0.3, 0.4) is 0 Å². The van der Waals surface area contributed by atoms with Crippen LogP contribution < -0.4 is 0 Å². The molecule has 2 aromatic heterocycles. The maximum atomic E-state index is 10.9. The number of hydrazone groups is 1. The monoisotopic (exact) mass is 419 g/mol. The van der Waals surface area contributed by atoms with Crippen molar-refractivity contribution in [3.8, 4) is 0 Å². The maximum absolute atomic E-state index is 10.9. The lowest BCUT2D eigenvalue weighted by Gasteiger charge is -2.12. The first kappa shape index (κ1) is 17.4. The molecule has 0 atom stereocenters. The van der Waals surface area contributed by atoms with E-state index in [2.05, 4.69) is 26.0 Å². The number of hydrogen-bond donors (Lipinski definition) is 0. The van der Waals surface area contributed by atoms with Crippen LogP contribution in [0, 0.1) is 17.0 Å². The molecule has 0 aliphatic rings. The van der Waals surface area contributed by atoms with Gasteiger partial charge in [-0.1, -0.05) is 6.07 Å². The van der Waals surface area contributed by atoms with Crippen LogP contribution in [-0.4, -0.2) is 32.0 Å². The van der Waals surface area contributed by atoms with Crippen LogP contribution in [0.5, 0.6) is 0 Å². The molecule has 0 unspecified atom stereocenters. The van der Waals surface area contributed by atoms with E-state index in [0.717, 1.165) is 26.3 Å². The van der Waals surface area contributed by atoms with Gasteiger partial charge >= 0.3 is 0 Å². The molecule has 25 heavy (non-hydrogen) atoms. The van der Waals surface area contributed by atoms with E-state index >= 15 is 0 Å².